The molecule has 21 heavy (non-hydrogen) atoms. The van der Waals surface area contributed by atoms with E-state index in [1.807, 2.05) is 0 Å². The smallest absolute Gasteiger partial charge is 0.316 e. The quantitative estimate of drug-likeness (QED) is 0.544. The normalized spacial score (nSPS) is 14.1. The van der Waals surface area contributed by atoms with Gasteiger partial charge in [-0.15, -0.1) is 0 Å². The van der Waals surface area contributed by atoms with Crippen molar-refractivity contribution in [2.24, 2.45) is 0 Å². The highest BCUT2D eigenvalue weighted by Crippen LogP contribution is 2.78. The summed E-state index contributed by atoms with van der Waals surface area (Å²) in [5, 5.41) is -2.09. The maximum absolute atomic E-state index is 15.1. The van der Waals surface area contributed by atoms with Crippen LogP contribution in [-0.4, -0.2) is 16.6 Å². The van der Waals surface area contributed by atoms with Crippen molar-refractivity contribution in [3.05, 3.63) is 35.4 Å². The van der Waals surface area contributed by atoms with Gasteiger partial charge < -0.3 is 4.57 Å². The van der Waals surface area contributed by atoms with Gasteiger partial charge in [0.1, 0.15) is 6.29 Å². The number of hydrogen-bond acceptors (Lipinski definition) is 2. The van der Waals surface area contributed by atoms with Crippen molar-refractivity contribution < 1.29 is 18.1 Å². The van der Waals surface area contributed by atoms with E-state index in [1.165, 1.54) is 24.3 Å². The van der Waals surface area contributed by atoms with E-state index in [0.717, 1.165) is 0 Å². The zero-order valence-corrected chi connectivity index (χ0v) is 14.3. The minimum Gasteiger partial charge on any atom is -0.316 e. The Balaban J connectivity index is 3.55. The van der Waals surface area contributed by atoms with Gasteiger partial charge in [0.15, 0.2) is 7.14 Å². The van der Waals surface area contributed by atoms with Gasteiger partial charge in [0.05, 0.1) is 0 Å². The number of rotatable bonds is 3. The molecule has 1 rings (SSSR count). The van der Waals surface area contributed by atoms with Crippen LogP contribution in [-0.2, 0) is 10.2 Å². The van der Waals surface area contributed by atoms with Crippen LogP contribution >= 0.6 is 7.14 Å². The predicted octanol–water partition coefficient (Wildman–Crippen LogP) is 5.51. The fourth-order valence-corrected chi connectivity index (χ4v) is 7.00. The molecule has 0 fully saturated rings. The molecule has 0 aliphatic heterocycles. The van der Waals surface area contributed by atoms with E-state index in [0.29, 0.717) is 11.8 Å². The second kappa shape index (κ2) is 5.31. The Labute approximate surface area is 125 Å². The lowest BCUT2D eigenvalue weighted by molar-refractivity contribution is 0.0806. The van der Waals surface area contributed by atoms with Crippen molar-refractivity contribution in [3.8, 4) is 0 Å². The Morgan fingerprint density at radius 2 is 1.29 bits per heavy atom. The van der Waals surface area contributed by atoms with Crippen molar-refractivity contribution in [2.75, 3.05) is 0 Å². The molecule has 0 saturated carbocycles. The number of halogens is 2. The summed E-state index contributed by atoms with van der Waals surface area (Å²) in [7, 11) is -3.96. The summed E-state index contributed by atoms with van der Waals surface area (Å²) in [5.74, 6) is 0. The average Bonchev–Trinajstić information content (AvgIpc) is 2.35. The van der Waals surface area contributed by atoms with Crippen LogP contribution in [0.15, 0.2) is 24.3 Å². The Morgan fingerprint density at radius 3 is 1.57 bits per heavy atom. The first-order chi connectivity index (χ1) is 9.29. The van der Waals surface area contributed by atoms with Gasteiger partial charge >= 0.3 is 5.66 Å². The highest BCUT2D eigenvalue weighted by atomic mass is 31.2. The van der Waals surface area contributed by atoms with E-state index in [4.69, 9.17) is 0 Å². The average molecular weight is 316 g/mol. The lowest BCUT2D eigenvalue weighted by atomic mass is 10.1. The van der Waals surface area contributed by atoms with Crippen LogP contribution in [0.3, 0.4) is 0 Å². The third kappa shape index (κ3) is 2.83. The highest BCUT2D eigenvalue weighted by molar-refractivity contribution is 7.67. The zero-order valence-electron chi connectivity index (χ0n) is 13.4. The van der Waals surface area contributed by atoms with Crippen molar-refractivity contribution in [1.29, 1.82) is 0 Å². The van der Waals surface area contributed by atoms with Crippen LogP contribution in [0.5, 0.6) is 0 Å². The second-order valence-electron chi connectivity index (χ2n) is 7.23. The van der Waals surface area contributed by atoms with Gasteiger partial charge in [0, 0.05) is 21.4 Å². The van der Waals surface area contributed by atoms with E-state index in [9.17, 15) is 9.36 Å². The number of benzene rings is 1. The molecule has 0 aromatic heterocycles. The van der Waals surface area contributed by atoms with Crippen molar-refractivity contribution in [3.63, 3.8) is 0 Å². The number of alkyl halides is 2. The fourth-order valence-electron chi connectivity index (χ4n) is 2.79. The van der Waals surface area contributed by atoms with Gasteiger partial charge in [0.25, 0.3) is 0 Å². The third-order valence-corrected chi connectivity index (χ3v) is 8.51. The van der Waals surface area contributed by atoms with Gasteiger partial charge in [-0.05, 0) is 0 Å². The molecule has 0 amide bonds. The van der Waals surface area contributed by atoms with Gasteiger partial charge in [0.2, 0.25) is 0 Å². The van der Waals surface area contributed by atoms with Gasteiger partial charge in [-0.1, -0.05) is 65.8 Å². The number of hydrogen-bond donors (Lipinski definition) is 0. The summed E-state index contributed by atoms with van der Waals surface area (Å²) in [6.07, 6.45) is 0.592. The molecule has 2 nitrogen and oxygen atoms in total. The van der Waals surface area contributed by atoms with Gasteiger partial charge in [-0.2, -0.15) is 8.78 Å². The van der Waals surface area contributed by atoms with Crippen LogP contribution in [0.2, 0.25) is 0 Å². The molecule has 0 aliphatic rings. The maximum atomic E-state index is 15.1. The molecule has 0 heterocycles. The fraction of sp³-hybridized carbons (Fsp3) is 0.562. The predicted molar refractivity (Wildman–Crippen MR) is 82.8 cm³/mol. The molecule has 0 unspecified atom stereocenters. The first-order valence-corrected chi connectivity index (χ1v) is 8.53. The number of carbonyl (C=O) groups is 1. The summed E-state index contributed by atoms with van der Waals surface area (Å²) in [6, 6.07) is 5.03. The molecule has 1 aromatic carbocycles. The lowest BCUT2D eigenvalue weighted by Crippen LogP contribution is -2.37. The van der Waals surface area contributed by atoms with E-state index in [1.54, 1.807) is 41.5 Å². The number of carbonyl (C=O) groups excluding carboxylic acids is 1. The van der Waals surface area contributed by atoms with Crippen LogP contribution in [0, 0.1) is 0 Å². The minimum absolute atomic E-state index is 0.304. The molecule has 0 aliphatic carbocycles. The van der Waals surface area contributed by atoms with Crippen molar-refractivity contribution in [1.82, 2.24) is 0 Å². The lowest BCUT2D eigenvalue weighted by Gasteiger charge is -2.45. The monoisotopic (exact) mass is 316 g/mol. The first-order valence-electron chi connectivity index (χ1n) is 6.83. The Bertz CT molecular complexity index is 545. The molecular weight excluding hydrogens is 293 g/mol. The first kappa shape index (κ1) is 18.0. The molecular formula is C16H23F2O2P. The van der Waals surface area contributed by atoms with E-state index in [2.05, 4.69) is 0 Å². The molecule has 0 spiro atoms. The third-order valence-electron chi connectivity index (χ3n) is 3.68. The highest BCUT2D eigenvalue weighted by Gasteiger charge is 2.63. The van der Waals surface area contributed by atoms with Gasteiger partial charge in [-0.3, -0.25) is 4.79 Å². The summed E-state index contributed by atoms with van der Waals surface area (Å²) >= 11 is 0. The zero-order chi connectivity index (χ0) is 16.7. The van der Waals surface area contributed by atoms with Crippen LogP contribution in [0.25, 0.3) is 0 Å². The summed E-state index contributed by atoms with van der Waals surface area (Å²) < 4.78 is 43.6. The minimum atomic E-state index is -3.96. The largest absolute Gasteiger partial charge is 0.323 e. The molecule has 1 aromatic rings. The van der Waals surface area contributed by atoms with Crippen LogP contribution in [0.4, 0.5) is 8.78 Å². The SMILES string of the molecule is CC(C)(C)P(=O)(C(C)(C)C)C(F)(F)c1ccc(C=O)cc1. The van der Waals surface area contributed by atoms with E-state index >= 15 is 8.78 Å². The second-order valence-corrected chi connectivity index (χ2v) is 11.7. The van der Waals surface area contributed by atoms with Crippen LogP contribution in [0.1, 0.15) is 57.5 Å². The Kier molecular flexibility index (Phi) is 4.56. The van der Waals surface area contributed by atoms with Gasteiger partial charge in [-0.25, -0.2) is 0 Å². The van der Waals surface area contributed by atoms with Crippen molar-refractivity contribution >= 4 is 13.4 Å². The van der Waals surface area contributed by atoms with E-state index in [-0.39, 0.29) is 5.56 Å². The molecule has 5 heteroatoms. The maximum Gasteiger partial charge on any atom is 0.323 e. The molecule has 0 atom stereocenters. The topological polar surface area (TPSA) is 34.1 Å². The molecule has 0 saturated heterocycles. The summed E-state index contributed by atoms with van der Waals surface area (Å²) in [4.78, 5) is 10.6. The molecule has 0 bridgehead atoms. The summed E-state index contributed by atoms with van der Waals surface area (Å²) in [6.45, 7) is 9.54. The van der Waals surface area contributed by atoms with Crippen molar-refractivity contribution in [2.45, 2.75) is 57.5 Å². The molecule has 118 valence electrons. The molecule has 0 radical (unpaired) electrons. The Morgan fingerprint density at radius 1 is 0.905 bits per heavy atom. The summed E-state index contributed by atoms with van der Waals surface area (Å²) in [5.41, 5.74) is -3.44. The number of aldehydes is 1. The Hall–Kier alpha value is -1.02. The van der Waals surface area contributed by atoms with Crippen LogP contribution < -0.4 is 0 Å². The standard InChI is InChI=1S/C16H23F2O2P/c1-14(2,3)21(20,15(4,5)6)16(17,18)13-9-7-12(11-19)8-10-13/h7-11H,1-6H3. The molecule has 0 N–H and O–H groups in total. The van der Waals surface area contributed by atoms with E-state index < -0.39 is 23.1 Å².